The van der Waals surface area contributed by atoms with Crippen LogP contribution in [0.1, 0.15) is 35.5 Å². The monoisotopic (exact) mass is 546 g/mol. The maximum absolute atomic E-state index is 13.0. The van der Waals surface area contributed by atoms with Crippen LogP contribution in [0.25, 0.3) is 5.69 Å². The van der Waals surface area contributed by atoms with Gasteiger partial charge >= 0.3 is 0 Å². The van der Waals surface area contributed by atoms with Crippen LogP contribution in [0.15, 0.2) is 76.8 Å². The molecule has 35 heavy (non-hydrogen) atoms. The second-order valence-electron chi connectivity index (χ2n) is 8.18. The number of aryl methyl sites for hydroxylation is 2. The molecule has 10 heteroatoms. The van der Waals surface area contributed by atoms with E-state index in [1.165, 1.54) is 29.5 Å². The van der Waals surface area contributed by atoms with Crippen LogP contribution in [0.4, 0.5) is 0 Å². The minimum atomic E-state index is -3.82. The maximum atomic E-state index is 13.0. The van der Waals surface area contributed by atoms with Gasteiger partial charge < -0.3 is 0 Å². The summed E-state index contributed by atoms with van der Waals surface area (Å²) in [5, 5.41) is 10.5. The molecule has 0 spiro atoms. The van der Waals surface area contributed by atoms with E-state index in [0.717, 1.165) is 16.8 Å². The maximum Gasteiger partial charge on any atom is 0.241 e. The van der Waals surface area contributed by atoms with Crippen LogP contribution in [0.2, 0.25) is 10.0 Å². The van der Waals surface area contributed by atoms with Gasteiger partial charge in [0, 0.05) is 15.8 Å². The molecule has 0 bridgehead atoms. The molecule has 0 aliphatic rings. The predicted octanol–water partition coefficient (Wildman–Crippen LogP) is 6.52. The first-order valence-electron chi connectivity index (χ1n) is 10.8. The largest absolute Gasteiger partial charge is 0.272 e. The van der Waals surface area contributed by atoms with Gasteiger partial charge in [-0.15, -0.1) is 10.2 Å². The van der Waals surface area contributed by atoms with Gasteiger partial charge in [-0.1, -0.05) is 70.9 Å². The van der Waals surface area contributed by atoms with Crippen molar-refractivity contribution >= 4 is 45.0 Å². The standard InChI is InChI=1S/C25H24Cl2N4O2S2/c1-16-5-4-6-19(13-16)15-34-25-29-28-24(31(25)23-14-21(27)8-7-17(23)2)18(3)30-35(32,33)22-11-9-20(26)10-12-22/h4-14,18,30H,15H2,1-3H3. The first kappa shape index (κ1) is 25.7. The average Bonchev–Trinajstić information content (AvgIpc) is 3.23. The fraction of sp³-hybridized carbons (Fsp3) is 0.200. The highest BCUT2D eigenvalue weighted by atomic mass is 35.5. The Hall–Kier alpha value is -2.36. The summed E-state index contributed by atoms with van der Waals surface area (Å²) in [6, 6.07) is 19.2. The van der Waals surface area contributed by atoms with Crippen molar-refractivity contribution in [2.75, 3.05) is 0 Å². The molecule has 182 valence electrons. The Balaban J connectivity index is 1.70. The molecule has 1 aromatic heterocycles. The van der Waals surface area contributed by atoms with Gasteiger partial charge in [0.15, 0.2) is 11.0 Å². The number of thioether (sulfide) groups is 1. The lowest BCUT2D eigenvalue weighted by Crippen LogP contribution is -2.29. The number of sulfonamides is 1. The third-order valence-electron chi connectivity index (χ3n) is 5.36. The van der Waals surface area contributed by atoms with Crippen molar-refractivity contribution in [2.24, 2.45) is 0 Å². The minimum Gasteiger partial charge on any atom is -0.272 e. The number of aromatic nitrogens is 3. The van der Waals surface area contributed by atoms with Gasteiger partial charge in [0.2, 0.25) is 10.0 Å². The third kappa shape index (κ3) is 6.08. The van der Waals surface area contributed by atoms with Crippen molar-refractivity contribution < 1.29 is 8.42 Å². The van der Waals surface area contributed by atoms with Gasteiger partial charge in [0.25, 0.3) is 0 Å². The molecule has 0 amide bonds. The van der Waals surface area contributed by atoms with Crippen LogP contribution in [0.3, 0.4) is 0 Å². The van der Waals surface area contributed by atoms with E-state index >= 15 is 0 Å². The van der Waals surface area contributed by atoms with E-state index in [4.69, 9.17) is 23.2 Å². The number of nitrogens with zero attached hydrogens (tertiary/aromatic N) is 3. The van der Waals surface area contributed by atoms with Crippen LogP contribution in [0, 0.1) is 13.8 Å². The quantitative estimate of drug-likeness (QED) is 0.254. The van der Waals surface area contributed by atoms with Gasteiger partial charge in [0.05, 0.1) is 16.6 Å². The summed E-state index contributed by atoms with van der Waals surface area (Å²) < 4.78 is 30.6. The van der Waals surface area contributed by atoms with E-state index in [1.54, 1.807) is 19.1 Å². The normalized spacial score (nSPS) is 12.6. The molecule has 0 aliphatic heterocycles. The number of halogens is 2. The van der Waals surface area contributed by atoms with Crippen molar-refractivity contribution in [3.63, 3.8) is 0 Å². The number of rotatable bonds is 8. The van der Waals surface area contributed by atoms with Crippen molar-refractivity contribution in [1.82, 2.24) is 19.5 Å². The van der Waals surface area contributed by atoms with E-state index in [1.807, 2.05) is 35.8 Å². The molecule has 0 aliphatic carbocycles. The second-order valence-corrected chi connectivity index (χ2v) is 11.7. The lowest BCUT2D eigenvalue weighted by atomic mass is 10.2. The molecule has 0 saturated carbocycles. The number of benzene rings is 3. The molecule has 1 N–H and O–H groups in total. The number of hydrogen-bond donors (Lipinski definition) is 1. The van der Waals surface area contributed by atoms with Crippen LogP contribution < -0.4 is 4.72 Å². The molecule has 1 heterocycles. The van der Waals surface area contributed by atoms with E-state index in [2.05, 4.69) is 40.0 Å². The van der Waals surface area contributed by atoms with Crippen molar-refractivity contribution in [3.8, 4) is 5.69 Å². The van der Waals surface area contributed by atoms with Crippen molar-refractivity contribution in [3.05, 3.63) is 99.3 Å². The minimum absolute atomic E-state index is 0.118. The van der Waals surface area contributed by atoms with Crippen LogP contribution in [-0.2, 0) is 15.8 Å². The van der Waals surface area contributed by atoms with Crippen molar-refractivity contribution in [1.29, 1.82) is 0 Å². The Kier molecular flexibility index (Phi) is 7.88. The van der Waals surface area contributed by atoms with Crippen LogP contribution >= 0.6 is 35.0 Å². The molecular formula is C25H24Cl2N4O2S2. The smallest absolute Gasteiger partial charge is 0.241 e. The summed E-state index contributed by atoms with van der Waals surface area (Å²) in [5.74, 6) is 1.14. The summed E-state index contributed by atoms with van der Waals surface area (Å²) in [5.41, 5.74) is 4.09. The summed E-state index contributed by atoms with van der Waals surface area (Å²) >= 11 is 13.8. The zero-order valence-electron chi connectivity index (χ0n) is 19.4. The first-order valence-corrected chi connectivity index (χ1v) is 14.0. The Bertz CT molecular complexity index is 1450. The molecular weight excluding hydrogens is 523 g/mol. The molecule has 1 atom stereocenters. The van der Waals surface area contributed by atoms with Gasteiger partial charge in [-0.05, 0) is 68.3 Å². The number of nitrogens with one attached hydrogen (secondary N) is 1. The number of hydrogen-bond acceptors (Lipinski definition) is 5. The fourth-order valence-electron chi connectivity index (χ4n) is 3.62. The van der Waals surface area contributed by atoms with Crippen LogP contribution in [-0.4, -0.2) is 23.2 Å². The summed E-state index contributed by atoms with van der Waals surface area (Å²) in [4.78, 5) is 0.118. The Morgan fingerprint density at radius 3 is 2.40 bits per heavy atom. The van der Waals surface area contributed by atoms with Crippen molar-refractivity contribution in [2.45, 2.75) is 42.6 Å². The summed E-state index contributed by atoms with van der Waals surface area (Å²) in [6.07, 6.45) is 0. The second kappa shape index (κ2) is 10.7. The van der Waals surface area contributed by atoms with Crippen LogP contribution in [0.5, 0.6) is 0 Å². The van der Waals surface area contributed by atoms with E-state index in [9.17, 15) is 8.42 Å². The lowest BCUT2D eigenvalue weighted by molar-refractivity contribution is 0.556. The van der Waals surface area contributed by atoms with Gasteiger partial charge in [0.1, 0.15) is 0 Å². The Morgan fingerprint density at radius 1 is 0.971 bits per heavy atom. The zero-order valence-corrected chi connectivity index (χ0v) is 22.5. The van der Waals surface area contributed by atoms with Gasteiger partial charge in [-0.3, -0.25) is 4.57 Å². The molecule has 4 aromatic rings. The zero-order chi connectivity index (χ0) is 25.2. The van der Waals surface area contributed by atoms with E-state index < -0.39 is 16.1 Å². The fourth-order valence-corrected chi connectivity index (χ4v) is 6.01. The van der Waals surface area contributed by atoms with E-state index in [0.29, 0.717) is 26.8 Å². The molecule has 0 fully saturated rings. The highest BCUT2D eigenvalue weighted by Gasteiger charge is 2.25. The molecule has 0 saturated heterocycles. The molecule has 6 nitrogen and oxygen atoms in total. The predicted molar refractivity (Wildman–Crippen MR) is 142 cm³/mol. The summed E-state index contributed by atoms with van der Waals surface area (Å²) in [6.45, 7) is 5.76. The Morgan fingerprint density at radius 2 is 1.69 bits per heavy atom. The SMILES string of the molecule is Cc1cccc(CSc2nnc(C(C)NS(=O)(=O)c3ccc(Cl)cc3)n2-c2cc(Cl)ccc2C)c1. The van der Waals surface area contributed by atoms with Gasteiger partial charge in [-0.25, -0.2) is 13.1 Å². The average molecular weight is 548 g/mol. The topological polar surface area (TPSA) is 76.9 Å². The third-order valence-corrected chi connectivity index (χ3v) is 8.41. The molecule has 1 unspecified atom stereocenters. The molecule has 3 aromatic carbocycles. The lowest BCUT2D eigenvalue weighted by Gasteiger charge is -2.18. The Labute approximate surface area is 219 Å². The summed E-state index contributed by atoms with van der Waals surface area (Å²) in [7, 11) is -3.82. The first-order chi connectivity index (χ1) is 16.6. The molecule has 0 radical (unpaired) electrons. The highest BCUT2D eigenvalue weighted by molar-refractivity contribution is 7.98. The van der Waals surface area contributed by atoms with Gasteiger partial charge in [-0.2, -0.15) is 0 Å². The van der Waals surface area contributed by atoms with E-state index in [-0.39, 0.29) is 4.90 Å². The highest BCUT2D eigenvalue weighted by Crippen LogP contribution is 2.31. The molecule has 4 rings (SSSR count).